The highest BCUT2D eigenvalue weighted by molar-refractivity contribution is 7.80. The lowest BCUT2D eigenvalue weighted by atomic mass is 10.2. The Kier molecular flexibility index (Phi) is 4.58. The van der Waals surface area contributed by atoms with Crippen LogP contribution in [-0.4, -0.2) is 17.8 Å². The molecular formula is C10H12FNO2S. The van der Waals surface area contributed by atoms with Crippen LogP contribution in [-0.2, 0) is 16.1 Å². The van der Waals surface area contributed by atoms with E-state index < -0.39 is 17.8 Å². The van der Waals surface area contributed by atoms with Gasteiger partial charge in [0.15, 0.2) is 0 Å². The molecule has 1 rings (SSSR count). The molecule has 0 saturated heterocycles. The van der Waals surface area contributed by atoms with Gasteiger partial charge in [0.25, 0.3) is 0 Å². The number of nitrogens with two attached hydrogens (primary N) is 1. The molecule has 0 aromatic heterocycles. The first-order valence-corrected chi connectivity index (χ1v) is 5.05. The van der Waals surface area contributed by atoms with Gasteiger partial charge in [0.05, 0.1) is 0 Å². The van der Waals surface area contributed by atoms with E-state index in [0.717, 1.165) is 0 Å². The Bertz CT molecular complexity index is 346. The number of hydrogen-bond acceptors (Lipinski definition) is 4. The van der Waals surface area contributed by atoms with Gasteiger partial charge in [-0.3, -0.25) is 4.79 Å². The number of thiol groups is 1. The van der Waals surface area contributed by atoms with Crippen LogP contribution >= 0.6 is 12.6 Å². The highest BCUT2D eigenvalue weighted by Gasteiger charge is 2.13. The molecule has 0 spiro atoms. The second-order valence-electron chi connectivity index (χ2n) is 2.99. The molecule has 3 nitrogen and oxygen atoms in total. The molecule has 0 fully saturated rings. The third-order valence-electron chi connectivity index (χ3n) is 1.83. The van der Waals surface area contributed by atoms with Crippen LogP contribution in [0.4, 0.5) is 4.39 Å². The van der Waals surface area contributed by atoms with Crippen LogP contribution < -0.4 is 5.73 Å². The molecule has 0 heterocycles. The molecule has 1 aromatic carbocycles. The van der Waals surface area contributed by atoms with Crippen molar-refractivity contribution in [2.45, 2.75) is 12.6 Å². The zero-order valence-corrected chi connectivity index (χ0v) is 8.91. The molecule has 1 aromatic rings. The molecule has 15 heavy (non-hydrogen) atoms. The number of carbonyl (C=O) groups excluding carboxylic acids is 1. The standard InChI is InChI=1S/C10H12FNO2S/c11-8-4-2-1-3-7(8)5-14-10(13)9(12)6-15/h1-4,9,15H,5-6,12H2/t9-/m0/s1. The molecule has 0 amide bonds. The first-order valence-electron chi connectivity index (χ1n) is 4.41. The fourth-order valence-corrected chi connectivity index (χ4v) is 1.09. The van der Waals surface area contributed by atoms with Crippen LogP contribution in [0.15, 0.2) is 24.3 Å². The summed E-state index contributed by atoms with van der Waals surface area (Å²) in [6.45, 7) is -0.104. The van der Waals surface area contributed by atoms with Gasteiger partial charge in [0.2, 0.25) is 0 Å². The molecule has 1 atom stereocenters. The molecule has 0 saturated carbocycles. The molecule has 5 heteroatoms. The third kappa shape index (κ3) is 3.53. The van der Waals surface area contributed by atoms with Crippen molar-refractivity contribution in [3.8, 4) is 0 Å². The normalized spacial score (nSPS) is 12.2. The largest absolute Gasteiger partial charge is 0.460 e. The summed E-state index contributed by atoms with van der Waals surface area (Å²) in [6, 6.07) is 5.33. The fourth-order valence-electron chi connectivity index (χ4n) is 0.946. The van der Waals surface area contributed by atoms with Crippen LogP contribution in [0.1, 0.15) is 5.56 Å². The zero-order valence-electron chi connectivity index (χ0n) is 8.02. The first-order chi connectivity index (χ1) is 7.15. The van der Waals surface area contributed by atoms with Gasteiger partial charge in [-0.1, -0.05) is 18.2 Å². The number of benzene rings is 1. The Morgan fingerprint density at radius 3 is 2.80 bits per heavy atom. The van der Waals surface area contributed by atoms with Gasteiger partial charge in [0.1, 0.15) is 18.5 Å². The second-order valence-corrected chi connectivity index (χ2v) is 3.35. The van der Waals surface area contributed by atoms with Gasteiger partial charge in [-0.15, -0.1) is 0 Å². The number of esters is 1. The van der Waals surface area contributed by atoms with Crippen LogP contribution in [0.5, 0.6) is 0 Å². The van der Waals surface area contributed by atoms with Crippen molar-refractivity contribution < 1.29 is 13.9 Å². The number of ether oxygens (including phenoxy) is 1. The van der Waals surface area contributed by atoms with Crippen molar-refractivity contribution in [1.29, 1.82) is 0 Å². The molecule has 2 N–H and O–H groups in total. The molecular weight excluding hydrogens is 217 g/mol. The minimum absolute atomic E-state index is 0.104. The average molecular weight is 229 g/mol. The summed E-state index contributed by atoms with van der Waals surface area (Å²) in [5.41, 5.74) is 5.70. The smallest absolute Gasteiger partial charge is 0.324 e. The monoisotopic (exact) mass is 229 g/mol. The summed E-state index contributed by atoms with van der Waals surface area (Å²) in [4.78, 5) is 11.1. The highest BCUT2D eigenvalue weighted by atomic mass is 32.1. The fraction of sp³-hybridized carbons (Fsp3) is 0.300. The number of halogens is 1. The summed E-state index contributed by atoms with van der Waals surface area (Å²) in [7, 11) is 0. The van der Waals surface area contributed by atoms with Crippen molar-refractivity contribution in [2.24, 2.45) is 5.73 Å². The summed E-state index contributed by atoms with van der Waals surface area (Å²) < 4.78 is 17.9. The first kappa shape index (κ1) is 12.0. The number of carbonyl (C=O) groups is 1. The van der Waals surface area contributed by atoms with Gasteiger partial charge in [-0.2, -0.15) is 12.6 Å². The van der Waals surface area contributed by atoms with E-state index in [4.69, 9.17) is 10.5 Å². The van der Waals surface area contributed by atoms with E-state index in [0.29, 0.717) is 5.56 Å². The molecule has 0 radical (unpaired) electrons. The van der Waals surface area contributed by atoms with Crippen LogP contribution in [0.3, 0.4) is 0 Å². The van der Waals surface area contributed by atoms with Gasteiger partial charge < -0.3 is 10.5 Å². The number of hydrogen-bond donors (Lipinski definition) is 2. The summed E-state index contributed by atoms with van der Waals surface area (Å²) in [6.07, 6.45) is 0. The van der Waals surface area contributed by atoms with Crippen molar-refractivity contribution in [3.63, 3.8) is 0 Å². The Balaban J connectivity index is 2.51. The molecule has 0 aliphatic carbocycles. The van der Waals surface area contributed by atoms with E-state index in [1.807, 2.05) is 0 Å². The molecule has 82 valence electrons. The Labute approximate surface area is 92.8 Å². The summed E-state index contributed by atoms with van der Waals surface area (Å²) >= 11 is 3.86. The van der Waals surface area contributed by atoms with Crippen molar-refractivity contribution >= 4 is 18.6 Å². The minimum Gasteiger partial charge on any atom is -0.460 e. The Morgan fingerprint density at radius 1 is 1.53 bits per heavy atom. The zero-order chi connectivity index (χ0) is 11.3. The van der Waals surface area contributed by atoms with E-state index in [2.05, 4.69) is 12.6 Å². The molecule has 0 aliphatic rings. The van der Waals surface area contributed by atoms with Crippen molar-refractivity contribution in [2.75, 3.05) is 5.75 Å². The quantitative estimate of drug-likeness (QED) is 0.601. The lowest BCUT2D eigenvalue weighted by Gasteiger charge is -2.09. The maximum atomic E-state index is 13.1. The van der Waals surface area contributed by atoms with Gasteiger partial charge >= 0.3 is 5.97 Å². The predicted octanol–water partition coefficient (Wildman–Crippen LogP) is 1.13. The van der Waals surface area contributed by atoms with Gasteiger partial charge in [-0.25, -0.2) is 4.39 Å². The lowest BCUT2D eigenvalue weighted by Crippen LogP contribution is -2.33. The van der Waals surface area contributed by atoms with E-state index in [1.54, 1.807) is 18.2 Å². The summed E-state index contributed by atoms with van der Waals surface area (Å²) in [5.74, 6) is -0.770. The minimum atomic E-state index is -0.764. The van der Waals surface area contributed by atoms with E-state index in [9.17, 15) is 9.18 Å². The Hall–Kier alpha value is -1.07. The van der Waals surface area contributed by atoms with E-state index in [1.165, 1.54) is 6.07 Å². The average Bonchev–Trinajstić information content (AvgIpc) is 2.26. The maximum Gasteiger partial charge on any atom is 0.324 e. The highest BCUT2D eigenvalue weighted by Crippen LogP contribution is 2.07. The van der Waals surface area contributed by atoms with Crippen LogP contribution in [0.25, 0.3) is 0 Å². The molecule has 0 unspecified atom stereocenters. The lowest BCUT2D eigenvalue weighted by molar-refractivity contribution is -0.145. The molecule has 0 bridgehead atoms. The van der Waals surface area contributed by atoms with Crippen molar-refractivity contribution in [1.82, 2.24) is 0 Å². The summed E-state index contributed by atoms with van der Waals surface area (Å²) in [5, 5.41) is 0. The van der Waals surface area contributed by atoms with Gasteiger partial charge in [-0.05, 0) is 6.07 Å². The maximum absolute atomic E-state index is 13.1. The topological polar surface area (TPSA) is 52.3 Å². The Morgan fingerprint density at radius 2 is 2.20 bits per heavy atom. The SMILES string of the molecule is N[C@@H](CS)C(=O)OCc1ccccc1F. The third-order valence-corrected chi connectivity index (χ3v) is 2.22. The second kappa shape index (κ2) is 5.72. The van der Waals surface area contributed by atoms with E-state index >= 15 is 0 Å². The number of rotatable bonds is 4. The predicted molar refractivity (Wildman–Crippen MR) is 58.0 cm³/mol. The van der Waals surface area contributed by atoms with Gasteiger partial charge in [0, 0.05) is 11.3 Å². The van der Waals surface area contributed by atoms with Crippen LogP contribution in [0.2, 0.25) is 0 Å². The van der Waals surface area contributed by atoms with Crippen molar-refractivity contribution in [3.05, 3.63) is 35.6 Å². The molecule has 0 aliphatic heterocycles. The van der Waals surface area contributed by atoms with E-state index in [-0.39, 0.29) is 12.4 Å². The van der Waals surface area contributed by atoms with Crippen LogP contribution in [0, 0.1) is 5.82 Å².